The second-order valence-electron chi connectivity index (χ2n) is 5.96. The van der Waals surface area contributed by atoms with E-state index < -0.39 is 11.7 Å². The average Bonchev–Trinajstić information content (AvgIpc) is 2.48. The number of nitrogens with zero attached hydrogens (tertiary/aromatic N) is 2. The van der Waals surface area contributed by atoms with Crippen LogP contribution in [0.5, 0.6) is 0 Å². The summed E-state index contributed by atoms with van der Waals surface area (Å²) in [6.07, 6.45) is 2.01. The zero-order chi connectivity index (χ0) is 18.0. The van der Waals surface area contributed by atoms with E-state index in [2.05, 4.69) is 10.3 Å². The van der Waals surface area contributed by atoms with Crippen molar-refractivity contribution in [2.24, 2.45) is 0 Å². The highest BCUT2D eigenvalue weighted by atomic mass is 16.6. The Morgan fingerprint density at radius 2 is 1.96 bits per heavy atom. The first-order valence-electron chi connectivity index (χ1n) is 7.78. The molecular formula is C18H33N3O3. The quantitative estimate of drug-likeness (QED) is 0.831. The molecule has 6 nitrogen and oxygen atoms in total. The third-order valence-electron chi connectivity index (χ3n) is 2.68. The molecule has 2 amide bonds. The van der Waals surface area contributed by atoms with Gasteiger partial charge in [-0.05, 0) is 44.9 Å². The third-order valence-corrected chi connectivity index (χ3v) is 2.68. The normalized spacial score (nSPS) is 9.79. The predicted octanol–water partition coefficient (Wildman–Crippen LogP) is 3.67. The Hall–Kier alpha value is -2.11. The molecule has 1 aromatic rings. The minimum atomic E-state index is -0.520. The number of nitrogens with one attached hydrogen (secondary N) is 1. The van der Waals surface area contributed by atoms with E-state index in [0.29, 0.717) is 13.1 Å². The first-order valence-corrected chi connectivity index (χ1v) is 7.78. The topological polar surface area (TPSA) is 71.5 Å². The Morgan fingerprint density at radius 3 is 2.46 bits per heavy atom. The van der Waals surface area contributed by atoms with Gasteiger partial charge in [0.1, 0.15) is 5.60 Å². The lowest BCUT2D eigenvalue weighted by Gasteiger charge is -2.20. The van der Waals surface area contributed by atoms with E-state index in [1.165, 1.54) is 4.90 Å². The smallest absolute Gasteiger partial charge is 0.407 e. The zero-order valence-corrected chi connectivity index (χ0v) is 15.3. The van der Waals surface area contributed by atoms with Gasteiger partial charge in [0.05, 0.1) is 0 Å². The van der Waals surface area contributed by atoms with E-state index >= 15 is 0 Å². The molecule has 1 N–H and O–H groups in total. The summed E-state index contributed by atoms with van der Waals surface area (Å²) in [4.78, 5) is 28.1. The van der Waals surface area contributed by atoms with Crippen LogP contribution in [0.3, 0.4) is 0 Å². The van der Waals surface area contributed by atoms with Gasteiger partial charge in [-0.25, -0.2) is 4.79 Å². The van der Waals surface area contributed by atoms with Crippen molar-refractivity contribution < 1.29 is 14.3 Å². The Morgan fingerprint density at radius 1 is 1.38 bits per heavy atom. The van der Waals surface area contributed by atoms with Crippen molar-refractivity contribution in [3.63, 3.8) is 0 Å². The van der Waals surface area contributed by atoms with Crippen LogP contribution in [0, 0.1) is 6.92 Å². The van der Waals surface area contributed by atoms with E-state index in [1.54, 1.807) is 13.2 Å². The Balaban J connectivity index is 0. The maximum absolute atomic E-state index is 11.6. The number of alkyl carbamates (subject to hydrolysis) is 1. The summed E-state index contributed by atoms with van der Waals surface area (Å²) in [7, 11) is 1.71. The summed E-state index contributed by atoms with van der Waals surface area (Å²) in [6.45, 7) is 12.1. The lowest BCUT2D eigenvalue weighted by Crippen LogP contribution is -2.32. The van der Waals surface area contributed by atoms with Crippen LogP contribution in [0.15, 0.2) is 12.3 Å². The van der Waals surface area contributed by atoms with Crippen molar-refractivity contribution >= 4 is 12.5 Å². The van der Waals surface area contributed by atoms with Crippen molar-refractivity contribution in [3.05, 3.63) is 29.1 Å². The highest BCUT2D eigenvalue weighted by Gasteiger charge is 2.15. The molecule has 0 saturated heterocycles. The van der Waals surface area contributed by atoms with Crippen LogP contribution in [0.4, 0.5) is 4.79 Å². The molecule has 1 heterocycles. The van der Waals surface area contributed by atoms with Crippen LogP contribution < -0.4 is 5.32 Å². The summed E-state index contributed by atoms with van der Waals surface area (Å²) in [6, 6.07) is 1.93. The highest BCUT2D eigenvalue weighted by Crippen LogP contribution is 2.11. The van der Waals surface area contributed by atoms with Crippen LogP contribution in [0.25, 0.3) is 0 Å². The minimum absolute atomic E-state index is 0. The fourth-order valence-electron chi connectivity index (χ4n) is 1.68. The molecule has 0 aromatic carbocycles. The number of carbonyl (C=O) groups is 2. The molecule has 0 spiro atoms. The van der Waals surface area contributed by atoms with Crippen LogP contribution >= 0.6 is 0 Å². The number of rotatable bonds is 5. The predicted molar refractivity (Wildman–Crippen MR) is 97.7 cm³/mol. The molecule has 138 valence electrons. The molecule has 0 aliphatic heterocycles. The summed E-state index contributed by atoms with van der Waals surface area (Å²) in [5.74, 6) is 0. The largest absolute Gasteiger partial charge is 0.444 e. The van der Waals surface area contributed by atoms with Crippen molar-refractivity contribution in [2.75, 3.05) is 7.05 Å². The molecule has 0 unspecified atom stereocenters. The van der Waals surface area contributed by atoms with Crippen molar-refractivity contribution in [3.8, 4) is 0 Å². The Labute approximate surface area is 146 Å². The van der Waals surface area contributed by atoms with Gasteiger partial charge in [-0.15, -0.1) is 0 Å². The summed E-state index contributed by atoms with van der Waals surface area (Å²) in [5, 5.41) is 2.69. The molecule has 0 radical (unpaired) electrons. The van der Waals surface area contributed by atoms with Gasteiger partial charge in [0.15, 0.2) is 0 Å². The molecule has 0 bridgehead atoms. The Bertz CT molecular complexity index is 511. The first-order chi connectivity index (χ1) is 10.7. The number of carbonyl (C=O) groups excluding carboxylic acids is 2. The average molecular weight is 339 g/mol. The van der Waals surface area contributed by atoms with Crippen molar-refractivity contribution in [1.29, 1.82) is 0 Å². The Kier molecular flexibility index (Phi) is 11.5. The van der Waals surface area contributed by atoms with E-state index in [-0.39, 0.29) is 7.43 Å². The lowest BCUT2D eigenvalue weighted by molar-refractivity contribution is -0.117. The molecule has 6 heteroatoms. The van der Waals surface area contributed by atoms with Crippen LogP contribution in [0.2, 0.25) is 0 Å². The van der Waals surface area contributed by atoms with Gasteiger partial charge < -0.3 is 15.0 Å². The second-order valence-corrected chi connectivity index (χ2v) is 5.96. The number of hydrogen-bond donors (Lipinski definition) is 1. The monoisotopic (exact) mass is 339 g/mol. The van der Waals surface area contributed by atoms with Crippen molar-refractivity contribution in [2.45, 2.75) is 67.7 Å². The standard InChI is InChI=1S/C15H23N3O3.C2H6.CH4/c1-11-13(9-18(5)10-19)6-12(7-16-11)8-17-14(20)21-15(2,3)4;1-2;/h6-7,10H,8-9H2,1-5H3,(H,17,20);1-2H3;1H4. The number of aromatic nitrogens is 1. The molecule has 0 atom stereocenters. The van der Waals surface area contributed by atoms with Gasteiger partial charge in [0.2, 0.25) is 6.41 Å². The van der Waals surface area contributed by atoms with E-state index in [0.717, 1.165) is 23.2 Å². The molecule has 0 saturated carbocycles. The van der Waals surface area contributed by atoms with Gasteiger partial charge >= 0.3 is 6.09 Å². The molecule has 0 aliphatic rings. The minimum Gasteiger partial charge on any atom is -0.444 e. The summed E-state index contributed by atoms with van der Waals surface area (Å²) in [5.41, 5.74) is 2.16. The van der Waals surface area contributed by atoms with Gasteiger partial charge in [-0.2, -0.15) is 0 Å². The number of amides is 2. The maximum atomic E-state index is 11.6. The number of pyridine rings is 1. The second kappa shape index (κ2) is 11.4. The molecule has 0 aliphatic carbocycles. The third kappa shape index (κ3) is 9.82. The first kappa shape index (κ1) is 24.1. The molecule has 1 rings (SSSR count). The fourth-order valence-corrected chi connectivity index (χ4v) is 1.68. The van der Waals surface area contributed by atoms with Gasteiger partial charge in [0.25, 0.3) is 0 Å². The number of aryl methyl sites for hydroxylation is 1. The van der Waals surface area contributed by atoms with Crippen LogP contribution in [0.1, 0.15) is 58.9 Å². The van der Waals surface area contributed by atoms with Crippen LogP contribution in [-0.4, -0.2) is 35.0 Å². The van der Waals surface area contributed by atoms with Gasteiger partial charge in [0, 0.05) is 32.0 Å². The molecule has 1 aromatic heterocycles. The van der Waals surface area contributed by atoms with E-state index in [9.17, 15) is 9.59 Å². The SMILES string of the molecule is C.CC.Cc1ncc(CNC(=O)OC(C)(C)C)cc1CN(C)C=O. The summed E-state index contributed by atoms with van der Waals surface area (Å²) < 4.78 is 5.17. The van der Waals surface area contributed by atoms with E-state index in [4.69, 9.17) is 4.74 Å². The molecular weight excluding hydrogens is 306 g/mol. The fraction of sp³-hybridized carbons (Fsp3) is 0.611. The molecule has 24 heavy (non-hydrogen) atoms. The molecule has 0 fully saturated rings. The lowest BCUT2D eigenvalue weighted by atomic mass is 10.1. The highest BCUT2D eigenvalue weighted by molar-refractivity contribution is 5.67. The number of hydrogen-bond acceptors (Lipinski definition) is 4. The van der Waals surface area contributed by atoms with Crippen molar-refractivity contribution in [1.82, 2.24) is 15.2 Å². The van der Waals surface area contributed by atoms with Crippen LogP contribution in [-0.2, 0) is 22.6 Å². The van der Waals surface area contributed by atoms with Gasteiger partial charge in [-0.3, -0.25) is 9.78 Å². The summed E-state index contributed by atoms with van der Waals surface area (Å²) >= 11 is 0. The van der Waals surface area contributed by atoms with E-state index in [1.807, 2.05) is 47.6 Å². The maximum Gasteiger partial charge on any atom is 0.407 e. The zero-order valence-electron chi connectivity index (χ0n) is 15.3. The number of ether oxygens (including phenoxy) is 1. The van der Waals surface area contributed by atoms with Gasteiger partial charge in [-0.1, -0.05) is 21.3 Å².